The Hall–Kier alpha value is -2.27. The van der Waals surface area contributed by atoms with Crippen molar-refractivity contribution < 1.29 is 4.79 Å². The van der Waals surface area contributed by atoms with Gasteiger partial charge in [-0.05, 0) is 36.1 Å². The van der Waals surface area contributed by atoms with Crippen LogP contribution in [-0.2, 0) is 4.79 Å². The third kappa shape index (κ3) is 3.62. The molecule has 0 unspecified atom stereocenters. The summed E-state index contributed by atoms with van der Waals surface area (Å²) in [5, 5.41) is 3.83. The lowest BCUT2D eigenvalue weighted by atomic mass is 9.98. The number of nitrogens with one attached hydrogen (secondary N) is 2. The molecule has 0 spiro atoms. The second-order valence-electron chi connectivity index (χ2n) is 6.09. The van der Waals surface area contributed by atoms with E-state index in [0.29, 0.717) is 11.7 Å². The zero-order valence-electron chi connectivity index (χ0n) is 14.1. The quantitative estimate of drug-likeness (QED) is 0.661. The SMILES string of the molecule is Cc1cccc(C(C)C)c1NC(=O)CSc1nc2ccccc2[nH]1. The van der Waals surface area contributed by atoms with Crippen LogP contribution in [0.25, 0.3) is 11.0 Å². The van der Waals surface area contributed by atoms with Gasteiger partial charge in [-0.25, -0.2) is 4.98 Å². The number of carbonyl (C=O) groups is 1. The predicted octanol–water partition coefficient (Wildman–Crippen LogP) is 4.73. The maximum absolute atomic E-state index is 12.4. The summed E-state index contributed by atoms with van der Waals surface area (Å²) < 4.78 is 0. The van der Waals surface area contributed by atoms with E-state index in [1.807, 2.05) is 43.3 Å². The number of aromatic nitrogens is 2. The number of anilines is 1. The number of benzene rings is 2. The minimum atomic E-state index is -0.0170. The Morgan fingerprint density at radius 3 is 2.75 bits per heavy atom. The molecule has 0 saturated carbocycles. The lowest BCUT2D eigenvalue weighted by Crippen LogP contribution is -2.16. The van der Waals surface area contributed by atoms with Crippen molar-refractivity contribution in [2.75, 3.05) is 11.1 Å². The van der Waals surface area contributed by atoms with Crippen LogP contribution in [0.2, 0.25) is 0 Å². The third-order valence-electron chi connectivity index (χ3n) is 3.90. The first-order valence-corrected chi connectivity index (χ1v) is 9.00. The van der Waals surface area contributed by atoms with Gasteiger partial charge in [0.05, 0.1) is 16.8 Å². The highest BCUT2D eigenvalue weighted by Gasteiger charge is 2.13. The molecule has 0 aliphatic carbocycles. The maximum atomic E-state index is 12.4. The molecule has 124 valence electrons. The molecule has 24 heavy (non-hydrogen) atoms. The summed E-state index contributed by atoms with van der Waals surface area (Å²) in [5.41, 5.74) is 5.09. The molecule has 0 bridgehead atoms. The van der Waals surface area contributed by atoms with Crippen molar-refractivity contribution in [2.45, 2.75) is 31.8 Å². The highest BCUT2D eigenvalue weighted by Crippen LogP contribution is 2.28. The second-order valence-corrected chi connectivity index (χ2v) is 7.05. The van der Waals surface area contributed by atoms with Gasteiger partial charge in [0.1, 0.15) is 0 Å². The van der Waals surface area contributed by atoms with Gasteiger partial charge in [0.25, 0.3) is 0 Å². The zero-order valence-corrected chi connectivity index (χ0v) is 14.9. The first-order chi connectivity index (χ1) is 11.5. The van der Waals surface area contributed by atoms with Crippen molar-refractivity contribution in [1.29, 1.82) is 0 Å². The monoisotopic (exact) mass is 339 g/mol. The van der Waals surface area contributed by atoms with E-state index in [2.05, 4.69) is 35.2 Å². The van der Waals surface area contributed by atoms with Crippen LogP contribution in [0, 0.1) is 6.92 Å². The minimum absolute atomic E-state index is 0.0170. The molecule has 2 aromatic carbocycles. The van der Waals surface area contributed by atoms with Gasteiger partial charge in [0, 0.05) is 5.69 Å². The average Bonchev–Trinajstić information content (AvgIpc) is 2.97. The van der Waals surface area contributed by atoms with E-state index in [0.717, 1.165) is 33.0 Å². The van der Waals surface area contributed by atoms with Crippen molar-refractivity contribution in [3.8, 4) is 0 Å². The zero-order chi connectivity index (χ0) is 17.1. The highest BCUT2D eigenvalue weighted by atomic mass is 32.2. The smallest absolute Gasteiger partial charge is 0.234 e. The number of para-hydroxylation sites is 3. The van der Waals surface area contributed by atoms with Gasteiger partial charge < -0.3 is 10.3 Å². The molecular formula is C19H21N3OS. The van der Waals surface area contributed by atoms with Crippen LogP contribution in [-0.4, -0.2) is 21.6 Å². The van der Waals surface area contributed by atoms with E-state index in [-0.39, 0.29) is 5.91 Å². The van der Waals surface area contributed by atoms with Crippen LogP contribution < -0.4 is 5.32 Å². The van der Waals surface area contributed by atoms with Gasteiger partial charge in [-0.3, -0.25) is 4.79 Å². The van der Waals surface area contributed by atoms with Gasteiger partial charge >= 0.3 is 0 Å². The Kier molecular flexibility index (Phi) is 4.90. The molecule has 0 aliphatic rings. The summed E-state index contributed by atoms with van der Waals surface area (Å²) in [7, 11) is 0. The first kappa shape index (κ1) is 16.6. The number of amides is 1. The van der Waals surface area contributed by atoms with Crippen LogP contribution in [0.15, 0.2) is 47.6 Å². The van der Waals surface area contributed by atoms with Gasteiger partial charge in [0.2, 0.25) is 5.91 Å². The molecule has 5 heteroatoms. The van der Waals surface area contributed by atoms with Crippen LogP contribution >= 0.6 is 11.8 Å². The fourth-order valence-corrected chi connectivity index (χ4v) is 3.33. The molecule has 0 fully saturated rings. The molecule has 3 aromatic rings. The summed E-state index contributed by atoms with van der Waals surface area (Å²) in [6, 6.07) is 14.0. The number of carbonyl (C=O) groups excluding carboxylic acids is 1. The molecule has 1 amide bonds. The van der Waals surface area contributed by atoms with Gasteiger partial charge in [0.15, 0.2) is 5.16 Å². The molecule has 0 atom stereocenters. The molecule has 0 aliphatic heterocycles. The number of rotatable bonds is 5. The topological polar surface area (TPSA) is 57.8 Å². The number of aryl methyl sites for hydroxylation is 1. The molecule has 2 N–H and O–H groups in total. The predicted molar refractivity (Wildman–Crippen MR) is 101 cm³/mol. The van der Waals surface area contributed by atoms with E-state index in [9.17, 15) is 4.79 Å². The minimum Gasteiger partial charge on any atom is -0.333 e. The van der Waals surface area contributed by atoms with Crippen molar-refractivity contribution in [2.24, 2.45) is 0 Å². The largest absolute Gasteiger partial charge is 0.333 e. The number of hydrogen-bond donors (Lipinski definition) is 2. The van der Waals surface area contributed by atoms with E-state index in [1.54, 1.807) is 0 Å². The summed E-state index contributed by atoms with van der Waals surface area (Å²) in [5.74, 6) is 0.672. The van der Waals surface area contributed by atoms with E-state index in [4.69, 9.17) is 0 Å². The Morgan fingerprint density at radius 1 is 1.21 bits per heavy atom. The Morgan fingerprint density at radius 2 is 2.00 bits per heavy atom. The molecule has 1 heterocycles. The number of thioether (sulfide) groups is 1. The fourth-order valence-electron chi connectivity index (χ4n) is 2.65. The number of hydrogen-bond acceptors (Lipinski definition) is 3. The molecule has 4 nitrogen and oxygen atoms in total. The number of imidazole rings is 1. The average molecular weight is 339 g/mol. The normalized spacial score (nSPS) is 11.2. The number of fused-ring (bicyclic) bond motifs is 1. The van der Waals surface area contributed by atoms with Crippen molar-refractivity contribution in [3.63, 3.8) is 0 Å². The van der Waals surface area contributed by atoms with E-state index >= 15 is 0 Å². The van der Waals surface area contributed by atoms with Gasteiger partial charge in [-0.1, -0.05) is 55.9 Å². The molecular weight excluding hydrogens is 318 g/mol. The fraction of sp³-hybridized carbons (Fsp3) is 0.263. The second kappa shape index (κ2) is 7.09. The first-order valence-electron chi connectivity index (χ1n) is 8.01. The summed E-state index contributed by atoms with van der Waals surface area (Å²) >= 11 is 1.41. The van der Waals surface area contributed by atoms with Crippen molar-refractivity contribution in [1.82, 2.24) is 9.97 Å². The Labute approximate surface area is 146 Å². The summed E-state index contributed by atoms with van der Waals surface area (Å²) in [6.07, 6.45) is 0. The standard InChI is InChI=1S/C19H21N3OS/c1-12(2)14-8-6-7-13(3)18(14)22-17(23)11-24-19-20-15-9-4-5-10-16(15)21-19/h4-10,12H,11H2,1-3H3,(H,20,21)(H,22,23). The molecule has 0 radical (unpaired) electrons. The number of H-pyrrole nitrogens is 1. The van der Waals surface area contributed by atoms with E-state index < -0.39 is 0 Å². The Bertz CT molecular complexity index is 837. The van der Waals surface area contributed by atoms with Crippen molar-refractivity contribution in [3.05, 3.63) is 53.6 Å². The van der Waals surface area contributed by atoms with E-state index in [1.165, 1.54) is 11.8 Å². The number of nitrogens with zero attached hydrogens (tertiary/aromatic N) is 1. The lowest BCUT2D eigenvalue weighted by molar-refractivity contribution is -0.113. The van der Waals surface area contributed by atoms with Crippen molar-refractivity contribution >= 4 is 34.4 Å². The van der Waals surface area contributed by atoms with Crippen LogP contribution in [0.5, 0.6) is 0 Å². The third-order valence-corrected chi connectivity index (χ3v) is 4.77. The number of aromatic amines is 1. The summed E-state index contributed by atoms with van der Waals surface area (Å²) in [4.78, 5) is 20.1. The maximum Gasteiger partial charge on any atom is 0.234 e. The lowest BCUT2D eigenvalue weighted by Gasteiger charge is -2.16. The molecule has 0 saturated heterocycles. The molecule has 1 aromatic heterocycles. The van der Waals surface area contributed by atoms with Crippen LogP contribution in [0.1, 0.15) is 30.9 Å². The highest BCUT2D eigenvalue weighted by molar-refractivity contribution is 7.99. The van der Waals surface area contributed by atoms with Gasteiger partial charge in [-0.15, -0.1) is 0 Å². The van der Waals surface area contributed by atoms with Gasteiger partial charge in [-0.2, -0.15) is 0 Å². The van der Waals surface area contributed by atoms with Crippen LogP contribution in [0.3, 0.4) is 0 Å². The summed E-state index contributed by atoms with van der Waals surface area (Å²) in [6.45, 7) is 6.29. The molecule has 3 rings (SSSR count). The Balaban J connectivity index is 1.68. The van der Waals surface area contributed by atoms with Crippen LogP contribution in [0.4, 0.5) is 5.69 Å².